The minimum atomic E-state index is -2.88. The SMILES string of the molecule is CC(=NC1CCNCC1)/C(=C(/C)N)c1cnc2cccc(-c3ccc(CN4CCS(=O)(=O)CC4)cc3)c2n1. The molecule has 0 spiro atoms. The molecule has 200 valence electrons. The monoisotopic (exact) mass is 532 g/mol. The van der Waals surface area contributed by atoms with E-state index in [1.54, 1.807) is 6.20 Å². The van der Waals surface area contributed by atoms with Gasteiger partial charge < -0.3 is 11.1 Å². The van der Waals surface area contributed by atoms with Crippen molar-refractivity contribution >= 4 is 32.2 Å². The standard InChI is InChI=1S/C29H36N6O2S/c1-20(30)28(21(2)33-24-10-12-31-13-11-24)27-18-32-26-5-3-4-25(29(26)34-27)23-8-6-22(7-9-23)19-35-14-16-38(36,37)17-15-35/h3-9,18,24,31H,10-17,19,30H2,1-2H3/b28-20+,33-21?. The van der Waals surface area contributed by atoms with Crippen LogP contribution in [0.3, 0.4) is 0 Å². The minimum absolute atomic E-state index is 0.239. The molecule has 0 saturated carbocycles. The molecule has 3 N–H and O–H groups in total. The van der Waals surface area contributed by atoms with Crippen molar-refractivity contribution in [3.8, 4) is 11.1 Å². The fourth-order valence-corrected chi connectivity index (χ4v) is 6.57. The van der Waals surface area contributed by atoms with Crippen LogP contribution in [0.15, 0.2) is 59.4 Å². The molecule has 0 radical (unpaired) electrons. The number of rotatable bonds is 6. The van der Waals surface area contributed by atoms with Gasteiger partial charge in [-0.1, -0.05) is 36.4 Å². The van der Waals surface area contributed by atoms with Crippen LogP contribution < -0.4 is 11.1 Å². The van der Waals surface area contributed by atoms with Crippen LogP contribution in [0, 0.1) is 0 Å². The molecule has 0 bridgehead atoms. The zero-order valence-electron chi connectivity index (χ0n) is 22.2. The lowest BCUT2D eigenvalue weighted by Gasteiger charge is -2.26. The second-order valence-electron chi connectivity index (χ2n) is 10.3. The lowest BCUT2D eigenvalue weighted by atomic mass is 10.0. The zero-order chi connectivity index (χ0) is 26.7. The van der Waals surface area contributed by atoms with Gasteiger partial charge in [-0.15, -0.1) is 0 Å². The molecule has 9 heteroatoms. The Morgan fingerprint density at radius 2 is 1.79 bits per heavy atom. The summed E-state index contributed by atoms with van der Waals surface area (Å²) in [6.07, 6.45) is 3.84. The van der Waals surface area contributed by atoms with E-state index in [0.717, 1.165) is 77.2 Å². The molecule has 38 heavy (non-hydrogen) atoms. The van der Waals surface area contributed by atoms with E-state index < -0.39 is 9.84 Å². The Morgan fingerprint density at radius 1 is 1.08 bits per heavy atom. The molecule has 0 amide bonds. The van der Waals surface area contributed by atoms with Gasteiger partial charge in [0, 0.05) is 42.2 Å². The molecule has 0 unspecified atom stereocenters. The zero-order valence-corrected chi connectivity index (χ0v) is 23.0. The summed E-state index contributed by atoms with van der Waals surface area (Å²) in [5.41, 5.74) is 14.4. The van der Waals surface area contributed by atoms with Crippen LogP contribution in [-0.2, 0) is 16.4 Å². The van der Waals surface area contributed by atoms with Gasteiger partial charge in [0.2, 0.25) is 0 Å². The maximum atomic E-state index is 11.7. The third-order valence-corrected chi connectivity index (χ3v) is 8.99. The van der Waals surface area contributed by atoms with E-state index in [4.69, 9.17) is 20.7 Å². The summed E-state index contributed by atoms with van der Waals surface area (Å²) in [4.78, 5) is 17.0. The molecular weight excluding hydrogens is 496 g/mol. The Kier molecular flexibility index (Phi) is 7.88. The van der Waals surface area contributed by atoms with Crippen LogP contribution in [0.5, 0.6) is 0 Å². The van der Waals surface area contributed by atoms with Gasteiger partial charge in [0.1, 0.15) is 0 Å². The molecular formula is C29H36N6O2S. The number of hydrogen-bond donors (Lipinski definition) is 2. The first kappa shape index (κ1) is 26.5. The third kappa shape index (κ3) is 6.11. The second kappa shape index (κ2) is 11.3. The van der Waals surface area contributed by atoms with Crippen LogP contribution in [0.2, 0.25) is 0 Å². The van der Waals surface area contributed by atoms with E-state index in [1.165, 1.54) is 0 Å². The van der Waals surface area contributed by atoms with E-state index in [9.17, 15) is 8.42 Å². The number of piperidine rings is 1. The first-order valence-electron chi connectivity index (χ1n) is 13.3. The molecule has 8 nitrogen and oxygen atoms in total. The molecule has 2 aliphatic heterocycles. The van der Waals surface area contributed by atoms with Gasteiger partial charge in [0.15, 0.2) is 9.84 Å². The molecule has 2 fully saturated rings. The molecule has 2 saturated heterocycles. The van der Waals surface area contributed by atoms with Crippen molar-refractivity contribution in [2.24, 2.45) is 10.7 Å². The van der Waals surface area contributed by atoms with Crippen LogP contribution in [0.4, 0.5) is 0 Å². The lowest BCUT2D eigenvalue weighted by Crippen LogP contribution is -2.39. The highest BCUT2D eigenvalue weighted by molar-refractivity contribution is 7.91. The number of aliphatic imine (C=N–C) groups is 1. The van der Waals surface area contributed by atoms with Crippen molar-refractivity contribution in [2.75, 3.05) is 37.7 Å². The highest BCUT2D eigenvalue weighted by Crippen LogP contribution is 2.29. The number of benzene rings is 2. The number of sulfone groups is 1. The van der Waals surface area contributed by atoms with Gasteiger partial charge in [0.25, 0.3) is 0 Å². The summed E-state index contributed by atoms with van der Waals surface area (Å²) in [6.45, 7) is 7.80. The van der Waals surface area contributed by atoms with Gasteiger partial charge in [-0.05, 0) is 57.0 Å². The maximum absolute atomic E-state index is 11.7. The van der Waals surface area contributed by atoms with E-state index in [2.05, 4.69) is 40.5 Å². The molecule has 3 aromatic rings. The van der Waals surface area contributed by atoms with E-state index in [0.29, 0.717) is 24.8 Å². The Bertz CT molecular complexity index is 1460. The van der Waals surface area contributed by atoms with Gasteiger partial charge >= 0.3 is 0 Å². The average Bonchev–Trinajstić information content (AvgIpc) is 2.90. The fourth-order valence-electron chi connectivity index (χ4n) is 5.29. The van der Waals surface area contributed by atoms with Gasteiger partial charge in [-0.25, -0.2) is 13.4 Å². The van der Waals surface area contributed by atoms with Crippen LogP contribution in [0.1, 0.15) is 37.9 Å². The quantitative estimate of drug-likeness (QED) is 0.468. The Morgan fingerprint density at radius 3 is 2.47 bits per heavy atom. The number of para-hydroxylation sites is 1. The number of fused-ring (bicyclic) bond motifs is 1. The molecule has 2 aromatic carbocycles. The van der Waals surface area contributed by atoms with Crippen molar-refractivity contribution in [1.82, 2.24) is 20.2 Å². The first-order chi connectivity index (χ1) is 18.3. The van der Waals surface area contributed by atoms with Crippen LogP contribution in [0.25, 0.3) is 27.7 Å². The highest BCUT2D eigenvalue weighted by atomic mass is 32.2. The largest absolute Gasteiger partial charge is 0.402 e. The third-order valence-electron chi connectivity index (χ3n) is 7.38. The van der Waals surface area contributed by atoms with Crippen LogP contribution >= 0.6 is 0 Å². The van der Waals surface area contributed by atoms with Crippen molar-refractivity contribution in [3.63, 3.8) is 0 Å². The number of nitrogens with one attached hydrogen (secondary N) is 1. The van der Waals surface area contributed by atoms with E-state index in [1.807, 2.05) is 26.0 Å². The van der Waals surface area contributed by atoms with E-state index in [-0.39, 0.29) is 11.5 Å². The molecule has 5 rings (SSSR count). The first-order valence-corrected chi connectivity index (χ1v) is 15.1. The van der Waals surface area contributed by atoms with Crippen LogP contribution in [-0.4, -0.2) is 72.7 Å². The number of allylic oxidation sites excluding steroid dienone is 2. The minimum Gasteiger partial charge on any atom is -0.402 e. The molecule has 2 aliphatic rings. The Labute approximate surface area is 225 Å². The number of aromatic nitrogens is 2. The summed E-state index contributed by atoms with van der Waals surface area (Å²) in [7, 11) is -2.88. The van der Waals surface area contributed by atoms with Crippen molar-refractivity contribution < 1.29 is 8.42 Å². The molecule has 1 aromatic heterocycles. The fraction of sp³-hybridized carbons (Fsp3) is 0.414. The van der Waals surface area contributed by atoms with Gasteiger partial charge in [-0.3, -0.25) is 14.9 Å². The summed E-state index contributed by atoms with van der Waals surface area (Å²) in [6, 6.07) is 14.8. The smallest absolute Gasteiger partial charge is 0.152 e. The van der Waals surface area contributed by atoms with Crippen molar-refractivity contribution in [2.45, 2.75) is 39.3 Å². The maximum Gasteiger partial charge on any atom is 0.152 e. The van der Waals surface area contributed by atoms with Gasteiger partial charge in [-0.2, -0.15) is 0 Å². The topological polar surface area (TPSA) is 114 Å². The normalized spacial score (nSPS) is 19.9. The molecule has 0 aliphatic carbocycles. The van der Waals surface area contributed by atoms with Crippen molar-refractivity contribution in [1.29, 1.82) is 0 Å². The summed E-state index contributed by atoms with van der Waals surface area (Å²) >= 11 is 0. The second-order valence-corrected chi connectivity index (χ2v) is 12.6. The Hall–Kier alpha value is -3.14. The number of nitrogens with two attached hydrogens (primary N) is 1. The van der Waals surface area contributed by atoms with Gasteiger partial charge in [0.05, 0.1) is 40.5 Å². The predicted octanol–water partition coefficient (Wildman–Crippen LogP) is 3.43. The predicted molar refractivity (Wildman–Crippen MR) is 155 cm³/mol. The summed E-state index contributed by atoms with van der Waals surface area (Å²) < 4.78 is 23.5. The van der Waals surface area contributed by atoms with Crippen molar-refractivity contribution in [3.05, 3.63) is 65.6 Å². The number of hydrogen-bond acceptors (Lipinski definition) is 8. The summed E-state index contributed by atoms with van der Waals surface area (Å²) in [5.74, 6) is 0.478. The Balaban J connectivity index is 1.42. The molecule has 3 heterocycles. The number of nitrogens with zero attached hydrogens (tertiary/aromatic N) is 4. The average molecular weight is 533 g/mol. The molecule has 0 atom stereocenters. The highest BCUT2D eigenvalue weighted by Gasteiger charge is 2.21. The lowest BCUT2D eigenvalue weighted by molar-refractivity contribution is 0.287. The summed E-state index contributed by atoms with van der Waals surface area (Å²) in [5, 5.41) is 3.39. The van der Waals surface area contributed by atoms with E-state index >= 15 is 0 Å².